The van der Waals surface area contributed by atoms with Crippen LogP contribution in [0.3, 0.4) is 0 Å². The van der Waals surface area contributed by atoms with Crippen molar-refractivity contribution in [2.24, 2.45) is 0 Å². The number of carbonyl (C=O) groups is 1. The van der Waals surface area contributed by atoms with E-state index in [2.05, 4.69) is 50.0 Å². The molecule has 5 rings (SSSR count). The maximum absolute atomic E-state index is 11.9. The molecule has 1 aromatic carbocycles. The number of hydrogen-bond acceptors (Lipinski definition) is 5. The number of anilines is 2. The summed E-state index contributed by atoms with van der Waals surface area (Å²) in [6.45, 7) is 5.65. The Hall–Kier alpha value is -4.24. The van der Waals surface area contributed by atoms with Crippen LogP contribution in [0.2, 0.25) is 0 Å². The average Bonchev–Trinajstić information content (AvgIpc) is 3.39. The van der Waals surface area contributed by atoms with Crippen molar-refractivity contribution in [3.8, 4) is 11.6 Å². The third-order valence-electron chi connectivity index (χ3n) is 6.54. The number of benzene rings is 1. The normalized spacial score (nSPS) is 17.0. The first-order chi connectivity index (χ1) is 17.9. The lowest BCUT2D eigenvalue weighted by molar-refractivity contribution is -0.114. The van der Waals surface area contributed by atoms with Gasteiger partial charge in [0.2, 0.25) is 5.91 Å². The van der Waals surface area contributed by atoms with Crippen molar-refractivity contribution in [1.29, 1.82) is 0 Å². The molecule has 1 fully saturated rings. The Bertz CT molecular complexity index is 1450. The predicted molar refractivity (Wildman–Crippen MR) is 148 cm³/mol. The van der Waals surface area contributed by atoms with Crippen LogP contribution in [0.4, 0.5) is 11.4 Å². The van der Waals surface area contributed by atoms with Crippen molar-refractivity contribution in [2.75, 3.05) is 17.3 Å². The molecule has 188 valence electrons. The quantitative estimate of drug-likeness (QED) is 0.351. The molecule has 0 bridgehead atoms. The standard InChI is InChI=1S/C28H28N6O2S/c1-17-15-21(18(2)33(17)25-10-6-8-14-30-25)27-26(22-9-5-7-13-29-22)32-28(37)34(27)20-11-12-24(36-4)23(16-20)31-19(3)35/h5-16,26-27H,1-4H3,(H,31,35)(H,32,37)/t26-,27+/m1/s1. The van der Waals surface area contributed by atoms with Crippen LogP contribution in [0.25, 0.3) is 5.82 Å². The molecule has 2 atom stereocenters. The van der Waals surface area contributed by atoms with Gasteiger partial charge in [-0.05, 0) is 80.2 Å². The fraction of sp³-hybridized carbons (Fsp3) is 0.214. The summed E-state index contributed by atoms with van der Waals surface area (Å²) in [5.74, 6) is 1.25. The van der Waals surface area contributed by atoms with Crippen LogP contribution in [0.15, 0.2) is 73.1 Å². The minimum atomic E-state index is -0.204. The number of thiocarbonyl (C=S) groups is 1. The van der Waals surface area contributed by atoms with E-state index in [1.165, 1.54) is 6.92 Å². The van der Waals surface area contributed by atoms with Crippen molar-refractivity contribution in [2.45, 2.75) is 32.9 Å². The molecule has 0 saturated carbocycles. The summed E-state index contributed by atoms with van der Waals surface area (Å²) in [5.41, 5.74) is 5.52. The van der Waals surface area contributed by atoms with Gasteiger partial charge in [0.15, 0.2) is 5.11 Å². The number of nitrogens with one attached hydrogen (secondary N) is 2. The number of ether oxygens (including phenoxy) is 1. The van der Waals surface area contributed by atoms with E-state index < -0.39 is 0 Å². The van der Waals surface area contributed by atoms with Crippen LogP contribution in [-0.4, -0.2) is 32.7 Å². The second-order valence-electron chi connectivity index (χ2n) is 8.91. The lowest BCUT2D eigenvalue weighted by Gasteiger charge is -2.29. The second-order valence-corrected chi connectivity index (χ2v) is 9.30. The van der Waals surface area contributed by atoms with Gasteiger partial charge in [-0.1, -0.05) is 12.1 Å². The zero-order valence-electron chi connectivity index (χ0n) is 21.1. The van der Waals surface area contributed by atoms with Crippen molar-refractivity contribution < 1.29 is 9.53 Å². The second kappa shape index (κ2) is 10.0. The first kappa shape index (κ1) is 24.5. The molecule has 2 N–H and O–H groups in total. The van der Waals surface area contributed by atoms with E-state index in [-0.39, 0.29) is 18.0 Å². The molecule has 8 nitrogen and oxygen atoms in total. The van der Waals surface area contributed by atoms with Gasteiger partial charge in [0, 0.05) is 36.4 Å². The van der Waals surface area contributed by atoms with Crippen LogP contribution in [0.1, 0.15) is 41.7 Å². The van der Waals surface area contributed by atoms with Crippen molar-refractivity contribution in [1.82, 2.24) is 19.9 Å². The fourth-order valence-corrected chi connectivity index (χ4v) is 5.35. The summed E-state index contributed by atoms with van der Waals surface area (Å²) in [6.07, 6.45) is 3.59. The molecule has 1 saturated heterocycles. The SMILES string of the molecule is COc1ccc(N2C(=S)N[C@H](c3ccccn3)[C@@H]2c2cc(C)n(-c3ccccn3)c2C)cc1NC(C)=O. The van der Waals surface area contributed by atoms with Crippen LogP contribution in [-0.2, 0) is 4.79 Å². The molecule has 4 aromatic rings. The number of aryl methyl sites for hydroxylation is 1. The van der Waals surface area contributed by atoms with Crippen LogP contribution < -0.4 is 20.3 Å². The summed E-state index contributed by atoms with van der Waals surface area (Å²) >= 11 is 5.89. The Labute approximate surface area is 221 Å². The highest BCUT2D eigenvalue weighted by molar-refractivity contribution is 7.80. The van der Waals surface area contributed by atoms with Crippen molar-refractivity contribution in [3.63, 3.8) is 0 Å². The highest BCUT2D eigenvalue weighted by atomic mass is 32.1. The van der Waals surface area contributed by atoms with Gasteiger partial charge in [0.1, 0.15) is 11.6 Å². The Morgan fingerprint density at radius 1 is 1.05 bits per heavy atom. The Morgan fingerprint density at radius 3 is 2.46 bits per heavy atom. The lowest BCUT2D eigenvalue weighted by atomic mass is 9.96. The van der Waals surface area contributed by atoms with E-state index in [9.17, 15) is 4.79 Å². The molecular formula is C28H28N6O2S. The molecule has 0 unspecified atom stereocenters. The zero-order chi connectivity index (χ0) is 26.1. The van der Waals surface area contributed by atoms with Crippen molar-refractivity contribution in [3.05, 3.63) is 95.7 Å². The van der Waals surface area contributed by atoms with Gasteiger partial charge in [-0.3, -0.25) is 9.78 Å². The molecule has 1 aliphatic heterocycles. The van der Waals surface area contributed by atoms with Gasteiger partial charge in [0.25, 0.3) is 0 Å². The molecule has 0 spiro atoms. The summed E-state index contributed by atoms with van der Waals surface area (Å²) in [4.78, 5) is 23.2. The van der Waals surface area contributed by atoms with Gasteiger partial charge in [-0.2, -0.15) is 0 Å². The molecule has 1 amide bonds. The van der Waals surface area contributed by atoms with E-state index in [1.807, 2.05) is 54.6 Å². The van der Waals surface area contributed by atoms with E-state index in [4.69, 9.17) is 17.0 Å². The first-order valence-corrected chi connectivity index (χ1v) is 12.4. The summed E-state index contributed by atoms with van der Waals surface area (Å²) in [5, 5.41) is 6.94. The van der Waals surface area contributed by atoms with Crippen LogP contribution >= 0.6 is 12.2 Å². The molecule has 4 heterocycles. The summed E-state index contributed by atoms with van der Waals surface area (Å²) in [7, 11) is 1.58. The molecule has 0 radical (unpaired) electrons. The van der Waals surface area contributed by atoms with Gasteiger partial charge >= 0.3 is 0 Å². The minimum Gasteiger partial charge on any atom is -0.495 e. The van der Waals surface area contributed by atoms with E-state index >= 15 is 0 Å². The van der Waals surface area contributed by atoms with Crippen molar-refractivity contribution >= 4 is 34.6 Å². The number of carbonyl (C=O) groups excluding carboxylic acids is 1. The number of pyridine rings is 2. The molecule has 0 aliphatic carbocycles. The maximum atomic E-state index is 11.9. The van der Waals surface area contributed by atoms with Gasteiger partial charge in [-0.15, -0.1) is 0 Å². The number of hydrogen-bond donors (Lipinski definition) is 2. The Kier molecular flexibility index (Phi) is 6.62. The highest BCUT2D eigenvalue weighted by Gasteiger charge is 2.42. The maximum Gasteiger partial charge on any atom is 0.221 e. The van der Waals surface area contributed by atoms with Gasteiger partial charge in [-0.25, -0.2) is 4.98 Å². The van der Waals surface area contributed by atoms with E-state index in [1.54, 1.807) is 19.5 Å². The van der Waals surface area contributed by atoms with Crippen LogP contribution in [0, 0.1) is 13.8 Å². The molecule has 37 heavy (non-hydrogen) atoms. The molecular weight excluding hydrogens is 484 g/mol. The van der Waals surface area contributed by atoms with Crippen LogP contribution in [0.5, 0.6) is 5.75 Å². The lowest BCUT2D eigenvalue weighted by Crippen LogP contribution is -2.29. The van der Waals surface area contributed by atoms with E-state index in [0.717, 1.165) is 34.2 Å². The summed E-state index contributed by atoms with van der Waals surface area (Å²) in [6, 6.07) is 19.2. The largest absolute Gasteiger partial charge is 0.495 e. The smallest absolute Gasteiger partial charge is 0.221 e. The Morgan fingerprint density at radius 2 is 1.81 bits per heavy atom. The number of amides is 1. The predicted octanol–water partition coefficient (Wildman–Crippen LogP) is 5.03. The van der Waals surface area contributed by atoms with Gasteiger partial charge in [0.05, 0.1) is 30.6 Å². The highest BCUT2D eigenvalue weighted by Crippen LogP contribution is 2.45. The summed E-state index contributed by atoms with van der Waals surface area (Å²) < 4.78 is 7.63. The molecule has 1 aliphatic rings. The van der Waals surface area contributed by atoms with E-state index in [0.29, 0.717) is 16.5 Å². The third-order valence-corrected chi connectivity index (χ3v) is 6.85. The zero-order valence-corrected chi connectivity index (χ0v) is 21.9. The van der Waals surface area contributed by atoms with Gasteiger partial charge < -0.3 is 24.8 Å². The fourth-order valence-electron chi connectivity index (χ4n) is 5.01. The number of nitrogens with zero attached hydrogens (tertiary/aromatic N) is 4. The average molecular weight is 513 g/mol. The molecule has 9 heteroatoms. The number of rotatable bonds is 6. The number of methoxy groups -OCH3 is 1. The molecule has 3 aromatic heterocycles. The minimum absolute atomic E-state index is 0.181. The topological polar surface area (TPSA) is 84.3 Å². The Balaban J connectivity index is 1.68. The number of aromatic nitrogens is 3. The third kappa shape index (κ3) is 4.53. The monoisotopic (exact) mass is 512 g/mol. The first-order valence-electron chi connectivity index (χ1n) is 12.0.